The summed E-state index contributed by atoms with van der Waals surface area (Å²) in [5, 5.41) is 8.28. The third-order valence-corrected chi connectivity index (χ3v) is 5.70. The van der Waals surface area contributed by atoms with Crippen LogP contribution >= 0.6 is 11.3 Å². The molecule has 0 amide bonds. The summed E-state index contributed by atoms with van der Waals surface area (Å²) in [6, 6.07) is 4.54. The lowest BCUT2D eigenvalue weighted by Crippen LogP contribution is -2.38. The van der Waals surface area contributed by atoms with E-state index >= 15 is 0 Å². The SMILES string of the molecule is CCn1cnnc1[C@H]1CN(Cc2ccc(C(C)(C)C)s2)CCO1. The number of aromatic nitrogens is 3. The molecular formula is C17H26N4OS. The standard InChI is InChI=1S/C17H26N4OS/c1-5-21-12-18-19-16(21)14-11-20(8-9-22-14)10-13-6-7-15(23-13)17(2,3)4/h6-7,12,14H,5,8-11H2,1-4H3/t14-/m1/s1. The van der Waals surface area contributed by atoms with Crippen molar-refractivity contribution in [1.29, 1.82) is 0 Å². The first-order valence-electron chi connectivity index (χ1n) is 8.28. The molecule has 0 N–H and O–H groups in total. The Balaban J connectivity index is 1.66. The highest BCUT2D eigenvalue weighted by molar-refractivity contribution is 7.12. The van der Waals surface area contributed by atoms with Crippen molar-refractivity contribution in [2.45, 2.75) is 52.3 Å². The normalized spacial score (nSPS) is 20.1. The first-order valence-corrected chi connectivity index (χ1v) is 9.10. The van der Waals surface area contributed by atoms with Crippen molar-refractivity contribution >= 4 is 11.3 Å². The smallest absolute Gasteiger partial charge is 0.163 e. The Morgan fingerprint density at radius 2 is 2.17 bits per heavy atom. The zero-order valence-corrected chi connectivity index (χ0v) is 15.3. The van der Waals surface area contributed by atoms with E-state index in [1.807, 2.05) is 11.3 Å². The summed E-state index contributed by atoms with van der Waals surface area (Å²) in [4.78, 5) is 5.33. The highest BCUT2D eigenvalue weighted by atomic mass is 32.1. The zero-order chi connectivity index (χ0) is 16.4. The van der Waals surface area contributed by atoms with Gasteiger partial charge in [-0.15, -0.1) is 21.5 Å². The van der Waals surface area contributed by atoms with Crippen molar-refractivity contribution in [3.63, 3.8) is 0 Å². The molecule has 3 rings (SSSR count). The largest absolute Gasteiger partial charge is 0.368 e. The minimum absolute atomic E-state index is 0.0215. The maximum absolute atomic E-state index is 5.93. The molecule has 1 aliphatic rings. The van der Waals surface area contributed by atoms with Gasteiger partial charge >= 0.3 is 0 Å². The minimum atomic E-state index is 0.0215. The van der Waals surface area contributed by atoms with Gasteiger partial charge in [-0.3, -0.25) is 4.90 Å². The molecule has 0 aromatic carbocycles. The predicted molar refractivity (Wildman–Crippen MR) is 92.7 cm³/mol. The van der Waals surface area contributed by atoms with Gasteiger partial charge in [0.2, 0.25) is 0 Å². The Morgan fingerprint density at radius 3 is 2.87 bits per heavy atom. The Morgan fingerprint density at radius 1 is 1.35 bits per heavy atom. The van der Waals surface area contributed by atoms with Crippen LogP contribution in [-0.2, 0) is 23.2 Å². The quantitative estimate of drug-likeness (QED) is 0.861. The maximum Gasteiger partial charge on any atom is 0.163 e. The number of thiophene rings is 1. The van der Waals surface area contributed by atoms with Crippen LogP contribution in [0.5, 0.6) is 0 Å². The van der Waals surface area contributed by atoms with Gasteiger partial charge in [-0.05, 0) is 24.5 Å². The highest BCUT2D eigenvalue weighted by Gasteiger charge is 2.26. The topological polar surface area (TPSA) is 43.2 Å². The molecule has 3 heterocycles. The van der Waals surface area contributed by atoms with Crippen LogP contribution < -0.4 is 0 Å². The van der Waals surface area contributed by atoms with Crippen LogP contribution in [0.15, 0.2) is 18.5 Å². The molecule has 0 unspecified atom stereocenters. The zero-order valence-electron chi connectivity index (χ0n) is 14.5. The average Bonchev–Trinajstić information content (AvgIpc) is 3.15. The van der Waals surface area contributed by atoms with Crippen molar-refractivity contribution in [1.82, 2.24) is 19.7 Å². The summed E-state index contributed by atoms with van der Waals surface area (Å²) >= 11 is 1.92. The molecule has 2 aromatic rings. The molecule has 0 radical (unpaired) electrons. The van der Waals surface area contributed by atoms with Crippen LogP contribution in [0.25, 0.3) is 0 Å². The first kappa shape index (κ1) is 16.6. The molecule has 0 aliphatic carbocycles. The molecule has 5 nitrogen and oxygen atoms in total. The molecular weight excluding hydrogens is 308 g/mol. The van der Waals surface area contributed by atoms with Crippen LogP contribution in [0.2, 0.25) is 0 Å². The van der Waals surface area contributed by atoms with Crippen LogP contribution in [0.4, 0.5) is 0 Å². The van der Waals surface area contributed by atoms with E-state index in [0.717, 1.165) is 38.6 Å². The van der Waals surface area contributed by atoms with Gasteiger partial charge in [0, 0.05) is 35.9 Å². The van der Waals surface area contributed by atoms with Crippen LogP contribution in [0, 0.1) is 0 Å². The van der Waals surface area contributed by atoms with Gasteiger partial charge in [-0.2, -0.15) is 0 Å². The molecule has 6 heteroatoms. The second kappa shape index (κ2) is 6.71. The summed E-state index contributed by atoms with van der Waals surface area (Å²) in [7, 11) is 0. The van der Waals surface area contributed by atoms with Crippen molar-refractivity contribution < 1.29 is 4.74 Å². The number of morpholine rings is 1. The summed E-state index contributed by atoms with van der Waals surface area (Å²) in [5.74, 6) is 0.943. The summed E-state index contributed by atoms with van der Waals surface area (Å²) in [5.41, 5.74) is 0.230. The van der Waals surface area contributed by atoms with E-state index in [0.29, 0.717) is 0 Å². The van der Waals surface area contributed by atoms with E-state index in [-0.39, 0.29) is 11.5 Å². The number of rotatable bonds is 4. The van der Waals surface area contributed by atoms with Gasteiger partial charge in [0.05, 0.1) is 6.61 Å². The lowest BCUT2D eigenvalue weighted by atomic mass is 9.95. The number of ether oxygens (including phenoxy) is 1. The van der Waals surface area contributed by atoms with E-state index < -0.39 is 0 Å². The van der Waals surface area contributed by atoms with Crippen molar-refractivity contribution in [3.8, 4) is 0 Å². The lowest BCUT2D eigenvalue weighted by molar-refractivity contribution is -0.0385. The number of aryl methyl sites for hydroxylation is 1. The molecule has 2 aromatic heterocycles. The maximum atomic E-state index is 5.93. The first-order chi connectivity index (χ1) is 11.0. The molecule has 1 aliphatic heterocycles. The van der Waals surface area contributed by atoms with Gasteiger partial charge < -0.3 is 9.30 Å². The van der Waals surface area contributed by atoms with Crippen molar-refractivity contribution in [3.05, 3.63) is 34.0 Å². The van der Waals surface area contributed by atoms with E-state index in [1.54, 1.807) is 6.33 Å². The Hall–Kier alpha value is -1.24. The van der Waals surface area contributed by atoms with Gasteiger partial charge in [-0.25, -0.2) is 0 Å². The molecule has 0 spiro atoms. The molecule has 1 saturated heterocycles. The van der Waals surface area contributed by atoms with Crippen LogP contribution in [0.3, 0.4) is 0 Å². The van der Waals surface area contributed by atoms with Gasteiger partial charge in [-0.1, -0.05) is 20.8 Å². The molecule has 0 bridgehead atoms. The molecule has 126 valence electrons. The summed E-state index contributed by atoms with van der Waals surface area (Å²) < 4.78 is 8.00. The molecule has 1 fully saturated rings. The fraction of sp³-hybridized carbons (Fsp3) is 0.647. The Bertz CT molecular complexity index is 643. The lowest BCUT2D eigenvalue weighted by Gasteiger charge is -2.32. The van der Waals surface area contributed by atoms with Gasteiger partial charge in [0.15, 0.2) is 5.82 Å². The third-order valence-electron chi connectivity index (χ3n) is 4.21. The second-order valence-electron chi connectivity index (χ2n) is 7.09. The highest BCUT2D eigenvalue weighted by Crippen LogP contribution is 2.31. The molecule has 0 saturated carbocycles. The van der Waals surface area contributed by atoms with Gasteiger partial charge in [0.1, 0.15) is 12.4 Å². The predicted octanol–water partition coefficient (Wildman–Crippen LogP) is 3.23. The second-order valence-corrected chi connectivity index (χ2v) is 8.25. The third kappa shape index (κ3) is 3.82. The van der Waals surface area contributed by atoms with Gasteiger partial charge in [0.25, 0.3) is 0 Å². The van der Waals surface area contributed by atoms with Crippen molar-refractivity contribution in [2.24, 2.45) is 0 Å². The van der Waals surface area contributed by atoms with E-state index in [4.69, 9.17) is 4.74 Å². The van der Waals surface area contributed by atoms with E-state index in [2.05, 4.69) is 59.5 Å². The molecule has 23 heavy (non-hydrogen) atoms. The number of nitrogens with zero attached hydrogens (tertiary/aromatic N) is 4. The van der Waals surface area contributed by atoms with Crippen LogP contribution in [-0.4, -0.2) is 39.4 Å². The monoisotopic (exact) mass is 334 g/mol. The Labute approximate surface area is 142 Å². The fourth-order valence-corrected chi connectivity index (χ4v) is 3.95. The van der Waals surface area contributed by atoms with Crippen LogP contribution in [0.1, 0.15) is 49.4 Å². The Kier molecular flexibility index (Phi) is 4.85. The summed E-state index contributed by atoms with van der Waals surface area (Å²) in [6.45, 7) is 13.4. The summed E-state index contributed by atoms with van der Waals surface area (Å²) in [6.07, 6.45) is 1.81. The van der Waals surface area contributed by atoms with E-state index in [9.17, 15) is 0 Å². The average molecular weight is 334 g/mol. The number of hydrogen-bond donors (Lipinski definition) is 0. The fourth-order valence-electron chi connectivity index (χ4n) is 2.85. The molecule has 1 atom stereocenters. The number of hydrogen-bond acceptors (Lipinski definition) is 5. The van der Waals surface area contributed by atoms with Crippen molar-refractivity contribution in [2.75, 3.05) is 19.7 Å². The minimum Gasteiger partial charge on any atom is -0.368 e. The van der Waals surface area contributed by atoms with E-state index in [1.165, 1.54) is 9.75 Å².